The summed E-state index contributed by atoms with van der Waals surface area (Å²) in [5.74, 6) is 0.834. The van der Waals surface area contributed by atoms with Gasteiger partial charge in [-0.1, -0.05) is 13.8 Å². The first-order valence-electron chi connectivity index (χ1n) is 8.34. The number of quaternary nitrogens is 1. The van der Waals surface area contributed by atoms with Gasteiger partial charge in [0.25, 0.3) is 11.9 Å². The van der Waals surface area contributed by atoms with Crippen LogP contribution >= 0.6 is 0 Å². The van der Waals surface area contributed by atoms with Crippen molar-refractivity contribution in [2.45, 2.75) is 20.3 Å². The molecule has 0 aliphatic carbocycles. The van der Waals surface area contributed by atoms with Crippen LogP contribution in [0.15, 0.2) is 29.3 Å². The van der Waals surface area contributed by atoms with Crippen LogP contribution in [0.4, 0.5) is 0 Å². The van der Waals surface area contributed by atoms with E-state index in [2.05, 4.69) is 38.3 Å². The molecule has 1 aromatic carbocycles. The van der Waals surface area contributed by atoms with Gasteiger partial charge in [0.05, 0.1) is 34.4 Å². The van der Waals surface area contributed by atoms with E-state index in [0.29, 0.717) is 36.4 Å². The highest BCUT2D eigenvalue weighted by atomic mass is 16.5. The van der Waals surface area contributed by atoms with Crippen LogP contribution in [-0.2, 0) is 4.74 Å². The molecule has 2 N–H and O–H groups in total. The van der Waals surface area contributed by atoms with E-state index in [1.54, 1.807) is 31.4 Å². The monoisotopic (exact) mass is 336 g/mol. The van der Waals surface area contributed by atoms with Crippen molar-refractivity contribution in [2.75, 3.05) is 40.9 Å². The van der Waals surface area contributed by atoms with E-state index in [4.69, 9.17) is 9.47 Å². The molecule has 0 heterocycles. The Balaban J connectivity index is 2.66. The van der Waals surface area contributed by atoms with Gasteiger partial charge in [-0.05, 0) is 30.2 Å². The van der Waals surface area contributed by atoms with Crippen LogP contribution in [0.3, 0.4) is 0 Å². The van der Waals surface area contributed by atoms with Crippen molar-refractivity contribution in [1.29, 1.82) is 0 Å². The number of ether oxygens (including phenoxy) is 2. The van der Waals surface area contributed by atoms with E-state index in [9.17, 15) is 4.79 Å². The zero-order chi connectivity index (χ0) is 17.9. The van der Waals surface area contributed by atoms with Crippen molar-refractivity contribution in [3.8, 4) is 5.75 Å². The minimum Gasteiger partial charge on any atom is -0.497 e. The SMILES string of the molecule is COc1ccc(C(=O)NC(=NCCC[NH+](C)C)OCC(C)C)cc1. The normalized spacial score (nSPS) is 11.7. The van der Waals surface area contributed by atoms with Crippen LogP contribution in [0.25, 0.3) is 0 Å². The molecule has 1 rings (SSSR count). The summed E-state index contributed by atoms with van der Waals surface area (Å²) < 4.78 is 10.7. The summed E-state index contributed by atoms with van der Waals surface area (Å²) in [6, 6.07) is 7.22. The van der Waals surface area contributed by atoms with Crippen molar-refractivity contribution in [1.82, 2.24) is 5.32 Å². The summed E-state index contributed by atoms with van der Waals surface area (Å²) in [6.07, 6.45) is 0.940. The molecule has 0 saturated carbocycles. The van der Waals surface area contributed by atoms with E-state index in [1.165, 1.54) is 4.90 Å². The minimum atomic E-state index is -0.238. The van der Waals surface area contributed by atoms with Gasteiger partial charge >= 0.3 is 0 Å². The Kier molecular flexibility index (Phi) is 8.86. The molecule has 0 atom stereocenters. The largest absolute Gasteiger partial charge is 0.497 e. The van der Waals surface area contributed by atoms with Gasteiger partial charge in [-0.3, -0.25) is 10.1 Å². The van der Waals surface area contributed by atoms with Crippen LogP contribution in [0, 0.1) is 5.92 Å². The summed E-state index contributed by atoms with van der Waals surface area (Å²) in [4.78, 5) is 18.1. The number of aliphatic imine (C=N–C) groups is 1. The first-order chi connectivity index (χ1) is 11.4. The van der Waals surface area contributed by atoms with Crippen LogP contribution in [0.2, 0.25) is 0 Å². The highest BCUT2D eigenvalue weighted by molar-refractivity contribution is 6.04. The van der Waals surface area contributed by atoms with E-state index >= 15 is 0 Å². The third-order valence-corrected chi connectivity index (χ3v) is 3.22. The van der Waals surface area contributed by atoms with Gasteiger partial charge in [0, 0.05) is 18.5 Å². The molecule has 0 fully saturated rings. The van der Waals surface area contributed by atoms with Crippen molar-refractivity contribution in [3.63, 3.8) is 0 Å². The number of nitrogens with zero attached hydrogens (tertiary/aromatic N) is 1. The fourth-order valence-corrected chi connectivity index (χ4v) is 1.89. The average molecular weight is 336 g/mol. The molecule has 0 saturated heterocycles. The van der Waals surface area contributed by atoms with Crippen molar-refractivity contribution >= 4 is 11.9 Å². The Bertz CT molecular complexity index is 525. The zero-order valence-electron chi connectivity index (χ0n) is 15.4. The van der Waals surface area contributed by atoms with Gasteiger partial charge in [-0.2, -0.15) is 0 Å². The summed E-state index contributed by atoms with van der Waals surface area (Å²) in [6.45, 7) is 6.27. The molecular formula is C18H30N3O3+. The molecule has 6 heteroatoms. The summed E-state index contributed by atoms with van der Waals surface area (Å²) in [7, 11) is 5.80. The Morgan fingerprint density at radius 2 is 1.92 bits per heavy atom. The number of hydrogen-bond acceptors (Lipinski definition) is 4. The molecule has 0 aliphatic heterocycles. The van der Waals surface area contributed by atoms with Crippen molar-refractivity contribution in [3.05, 3.63) is 29.8 Å². The molecule has 0 unspecified atom stereocenters. The first kappa shape index (κ1) is 20.0. The maximum atomic E-state index is 12.3. The minimum absolute atomic E-state index is 0.238. The molecule has 0 bridgehead atoms. The summed E-state index contributed by atoms with van der Waals surface area (Å²) >= 11 is 0. The molecule has 1 amide bonds. The predicted molar refractivity (Wildman–Crippen MR) is 95.8 cm³/mol. The predicted octanol–water partition coefficient (Wildman–Crippen LogP) is 0.988. The number of rotatable bonds is 8. The van der Waals surface area contributed by atoms with E-state index < -0.39 is 0 Å². The molecule has 0 radical (unpaired) electrons. The first-order valence-corrected chi connectivity index (χ1v) is 8.34. The molecule has 1 aromatic rings. The second-order valence-corrected chi connectivity index (χ2v) is 6.39. The Labute approximate surface area is 144 Å². The van der Waals surface area contributed by atoms with E-state index in [1.807, 2.05) is 0 Å². The number of methoxy groups -OCH3 is 1. The maximum absolute atomic E-state index is 12.3. The molecule has 0 spiro atoms. The van der Waals surface area contributed by atoms with Crippen molar-refractivity contribution in [2.24, 2.45) is 10.9 Å². The highest BCUT2D eigenvalue weighted by Crippen LogP contribution is 2.11. The standard InChI is InChI=1S/C18H29N3O3/c1-14(2)13-24-18(19-11-6-12-21(3)4)20-17(22)15-7-9-16(23-5)10-8-15/h7-10,14H,6,11-13H2,1-5H3,(H,19,20,22)/p+1. The summed E-state index contributed by atoms with van der Waals surface area (Å²) in [5.41, 5.74) is 0.536. The molecule has 0 aromatic heterocycles. The summed E-state index contributed by atoms with van der Waals surface area (Å²) in [5, 5.41) is 2.76. The lowest BCUT2D eigenvalue weighted by Gasteiger charge is -2.13. The fourth-order valence-electron chi connectivity index (χ4n) is 1.89. The fraction of sp³-hybridized carbons (Fsp3) is 0.556. The van der Waals surface area contributed by atoms with Crippen molar-refractivity contribution < 1.29 is 19.2 Å². The molecule has 24 heavy (non-hydrogen) atoms. The Morgan fingerprint density at radius 3 is 2.46 bits per heavy atom. The zero-order valence-corrected chi connectivity index (χ0v) is 15.4. The Hall–Kier alpha value is -2.08. The number of carbonyl (C=O) groups is 1. The third kappa shape index (κ3) is 7.97. The molecule has 0 aliphatic rings. The molecular weight excluding hydrogens is 306 g/mol. The number of hydrogen-bond donors (Lipinski definition) is 2. The van der Waals surface area contributed by atoms with Gasteiger partial charge in [-0.15, -0.1) is 0 Å². The maximum Gasteiger partial charge on any atom is 0.291 e. The second kappa shape index (κ2) is 10.6. The van der Waals surface area contributed by atoms with E-state index in [0.717, 1.165) is 13.0 Å². The lowest BCUT2D eigenvalue weighted by molar-refractivity contribution is -0.858. The quantitative estimate of drug-likeness (QED) is 0.423. The number of nitrogens with one attached hydrogen (secondary N) is 2. The van der Waals surface area contributed by atoms with Gasteiger partial charge in [0.2, 0.25) is 0 Å². The van der Waals surface area contributed by atoms with Crippen LogP contribution < -0.4 is 15.0 Å². The smallest absolute Gasteiger partial charge is 0.291 e. The van der Waals surface area contributed by atoms with Crippen LogP contribution in [-0.4, -0.2) is 52.8 Å². The number of benzene rings is 1. The second-order valence-electron chi connectivity index (χ2n) is 6.39. The lowest BCUT2D eigenvalue weighted by atomic mass is 10.2. The number of amidine groups is 1. The molecule has 134 valence electrons. The highest BCUT2D eigenvalue weighted by Gasteiger charge is 2.11. The number of amides is 1. The third-order valence-electron chi connectivity index (χ3n) is 3.22. The van der Waals surface area contributed by atoms with Crippen LogP contribution in [0.5, 0.6) is 5.75 Å². The van der Waals surface area contributed by atoms with Gasteiger partial charge < -0.3 is 14.4 Å². The van der Waals surface area contributed by atoms with E-state index in [-0.39, 0.29) is 5.91 Å². The Morgan fingerprint density at radius 1 is 1.25 bits per heavy atom. The van der Waals surface area contributed by atoms with Gasteiger partial charge in [0.1, 0.15) is 5.75 Å². The van der Waals surface area contributed by atoms with Crippen LogP contribution in [0.1, 0.15) is 30.6 Å². The number of carbonyl (C=O) groups excluding carboxylic acids is 1. The average Bonchev–Trinajstić information content (AvgIpc) is 2.55. The topological polar surface area (TPSA) is 64.4 Å². The van der Waals surface area contributed by atoms with Gasteiger partial charge in [-0.25, -0.2) is 4.99 Å². The van der Waals surface area contributed by atoms with Gasteiger partial charge in [0.15, 0.2) is 0 Å². The lowest BCUT2D eigenvalue weighted by Crippen LogP contribution is -3.05. The molecule has 6 nitrogen and oxygen atoms in total.